The molecule has 2 rings (SSSR count). The lowest BCUT2D eigenvalue weighted by atomic mass is 10.1. The van der Waals surface area contributed by atoms with Crippen LogP contribution in [0.25, 0.3) is 0 Å². The highest BCUT2D eigenvalue weighted by atomic mass is 35.5. The standard InChI is InChI=1S/C16H25N3O.ClH/c1-14-3-2-4-15(13-14)5-6-16(20)18-9-12-19-10-7-17-8-11-19;/h2-4,13,17H,5-12H2,1H3,(H,18,20);1H. The number of nitrogens with zero attached hydrogens (tertiary/aromatic N) is 1. The number of hydrogen-bond acceptors (Lipinski definition) is 3. The fourth-order valence-electron chi connectivity index (χ4n) is 2.50. The van der Waals surface area contributed by atoms with Gasteiger partial charge in [-0.05, 0) is 18.9 Å². The van der Waals surface area contributed by atoms with Gasteiger partial charge in [0.1, 0.15) is 0 Å². The summed E-state index contributed by atoms with van der Waals surface area (Å²) in [5.74, 6) is 0.154. The molecule has 1 aromatic rings. The van der Waals surface area contributed by atoms with Crippen LogP contribution in [0.4, 0.5) is 0 Å². The molecule has 1 fully saturated rings. The molecule has 0 atom stereocenters. The number of nitrogens with one attached hydrogen (secondary N) is 2. The summed E-state index contributed by atoms with van der Waals surface area (Å²) in [4.78, 5) is 14.2. The third-order valence-electron chi connectivity index (χ3n) is 3.68. The number of aryl methyl sites for hydroxylation is 2. The van der Waals surface area contributed by atoms with Gasteiger partial charge in [0.25, 0.3) is 0 Å². The third-order valence-corrected chi connectivity index (χ3v) is 3.68. The third kappa shape index (κ3) is 6.93. The summed E-state index contributed by atoms with van der Waals surface area (Å²) in [6.45, 7) is 8.07. The molecule has 0 spiro atoms. The summed E-state index contributed by atoms with van der Waals surface area (Å²) >= 11 is 0. The van der Waals surface area contributed by atoms with Crippen molar-refractivity contribution in [3.63, 3.8) is 0 Å². The van der Waals surface area contributed by atoms with Gasteiger partial charge in [0, 0.05) is 45.7 Å². The molecule has 4 nitrogen and oxygen atoms in total. The fraction of sp³-hybridized carbons (Fsp3) is 0.562. The van der Waals surface area contributed by atoms with E-state index in [1.54, 1.807) is 0 Å². The van der Waals surface area contributed by atoms with Crippen molar-refractivity contribution in [3.8, 4) is 0 Å². The number of halogens is 1. The molecule has 1 amide bonds. The predicted octanol–water partition coefficient (Wildman–Crippen LogP) is 1.37. The molecule has 1 aliphatic heterocycles. The van der Waals surface area contributed by atoms with Gasteiger partial charge in [-0.25, -0.2) is 0 Å². The van der Waals surface area contributed by atoms with Crippen LogP contribution in [-0.2, 0) is 11.2 Å². The molecule has 1 heterocycles. The second-order valence-electron chi connectivity index (χ2n) is 5.43. The number of amides is 1. The van der Waals surface area contributed by atoms with Crippen LogP contribution in [0.1, 0.15) is 17.5 Å². The second-order valence-corrected chi connectivity index (χ2v) is 5.43. The second kappa shape index (κ2) is 9.77. The Kier molecular flexibility index (Phi) is 8.35. The molecule has 0 aliphatic carbocycles. The van der Waals surface area contributed by atoms with E-state index in [2.05, 4.69) is 40.7 Å². The van der Waals surface area contributed by atoms with E-state index in [9.17, 15) is 4.79 Å². The van der Waals surface area contributed by atoms with Crippen LogP contribution in [0, 0.1) is 6.92 Å². The molecule has 0 bridgehead atoms. The molecule has 0 radical (unpaired) electrons. The number of carbonyl (C=O) groups excluding carboxylic acids is 1. The zero-order chi connectivity index (χ0) is 14.2. The maximum absolute atomic E-state index is 11.8. The fourth-order valence-corrected chi connectivity index (χ4v) is 2.50. The minimum atomic E-state index is 0. The minimum Gasteiger partial charge on any atom is -0.355 e. The molecule has 1 aliphatic rings. The lowest BCUT2D eigenvalue weighted by molar-refractivity contribution is -0.121. The van der Waals surface area contributed by atoms with Gasteiger partial charge in [0.2, 0.25) is 5.91 Å². The molecule has 0 unspecified atom stereocenters. The molecule has 0 saturated carbocycles. The van der Waals surface area contributed by atoms with Crippen LogP contribution in [0.3, 0.4) is 0 Å². The Balaban J connectivity index is 0.00000220. The van der Waals surface area contributed by atoms with Gasteiger partial charge in [-0.1, -0.05) is 29.8 Å². The highest BCUT2D eigenvalue weighted by molar-refractivity contribution is 5.85. The lowest BCUT2D eigenvalue weighted by Gasteiger charge is -2.27. The molecule has 1 saturated heterocycles. The first-order valence-electron chi connectivity index (χ1n) is 7.49. The Labute approximate surface area is 133 Å². The Morgan fingerprint density at radius 3 is 2.81 bits per heavy atom. The zero-order valence-corrected chi connectivity index (χ0v) is 13.5. The van der Waals surface area contributed by atoms with Crippen molar-refractivity contribution in [1.82, 2.24) is 15.5 Å². The summed E-state index contributed by atoms with van der Waals surface area (Å²) < 4.78 is 0. The van der Waals surface area contributed by atoms with Crippen molar-refractivity contribution < 1.29 is 4.79 Å². The van der Waals surface area contributed by atoms with E-state index in [0.29, 0.717) is 6.42 Å². The average Bonchev–Trinajstić information content (AvgIpc) is 2.46. The van der Waals surface area contributed by atoms with Gasteiger partial charge in [-0.2, -0.15) is 0 Å². The largest absolute Gasteiger partial charge is 0.355 e. The number of benzene rings is 1. The first kappa shape index (κ1) is 18.0. The lowest BCUT2D eigenvalue weighted by Crippen LogP contribution is -2.46. The Hall–Kier alpha value is -1.10. The van der Waals surface area contributed by atoms with E-state index < -0.39 is 0 Å². The summed E-state index contributed by atoms with van der Waals surface area (Å²) in [6, 6.07) is 8.36. The maximum Gasteiger partial charge on any atom is 0.220 e. The summed E-state index contributed by atoms with van der Waals surface area (Å²) in [5, 5.41) is 6.34. The monoisotopic (exact) mass is 311 g/mol. The first-order valence-corrected chi connectivity index (χ1v) is 7.49. The SMILES string of the molecule is Cc1cccc(CCC(=O)NCCN2CCNCC2)c1.Cl. The van der Waals surface area contributed by atoms with E-state index >= 15 is 0 Å². The van der Waals surface area contributed by atoms with Crippen LogP contribution in [0.2, 0.25) is 0 Å². The molecular weight excluding hydrogens is 286 g/mol. The topological polar surface area (TPSA) is 44.4 Å². The zero-order valence-electron chi connectivity index (χ0n) is 12.7. The van der Waals surface area contributed by atoms with Gasteiger partial charge in [0.05, 0.1) is 0 Å². The van der Waals surface area contributed by atoms with Crippen LogP contribution in [-0.4, -0.2) is 50.1 Å². The Bertz CT molecular complexity index is 433. The summed E-state index contributed by atoms with van der Waals surface area (Å²) in [7, 11) is 0. The van der Waals surface area contributed by atoms with Crippen molar-refractivity contribution in [3.05, 3.63) is 35.4 Å². The van der Waals surface area contributed by atoms with E-state index in [4.69, 9.17) is 0 Å². The van der Waals surface area contributed by atoms with Gasteiger partial charge in [-0.3, -0.25) is 9.69 Å². The van der Waals surface area contributed by atoms with Crippen LogP contribution >= 0.6 is 12.4 Å². The van der Waals surface area contributed by atoms with Crippen molar-refractivity contribution in [1.29, 1.82) is 0 Å². The highest BCUT2D eigenvalue weighted by Gasteiger charge is 2.09. The smallest absolute Gasteiger partial charge is 0.220 e. The minimum absolute atomic E-state index is 0. The number of carbonyl (C=O) groups is 1. The van der Waals surface area contributed by atoms with Crippen LogP contribution < -0.4 is 10.6 Å². The molecule has 2 N–H and O–H groups in total. The van der Waals surface area contributed by atoms with Crippen molar-refractivity contribution in [2.75, 3.05) is 39.3 Å². The number of rotatable bonds is 6. The van der Waals surface area contributed by atoms with Gasteiger partial charge in [-0.15, -0.1) is 12.4 Å². The maximum atomic E-state index is 11.8. The molecule has 21 heavy (non-hydrogen) atoms. The van der Waals surface area contributed by atoms with E-state index in [-0.39, 0.29) is 18.3 Å². The summed E-state index contributed by atoms with van der Waals surface area (Å²) in [6.07, 6.45) is 1.39. The number of piperazine rings is 1. The Morgan fingerprint density at radius 2 is 2.10 bits per heavy atom. The van der Waals surface area contributed by atoms with Gasteiger partial charge < -0.3 is 10.6 Å². The quantitative estimate of drug-likeness (QED) is 0.834. The van der Waals surface area contributed by atoms with Crippen LogP contribution in [0.15, 0.2) is 24.3 Å². The average molecular weight is 312 g/mol. The predicted molar refractivity (Wildman–Crippen MR) is 89.1 cm³/mol. The van der Waals surface area contributed by atoms with Crippen molar-refractivity contribution in [2.45, 2.75) is 19.8 Å². The van der Waals surface area contributed by atoms with E-state index in [1.807, 2.05) is 6.07 Å². The van der Waals surface area contributed by atoms with Gasteiger partial charge >= 0.3 is 0 Å². The normalized spacial score (nSPS) is 15.3. The molecule has 1 aromatic carbocycles. The molecule has 118 valence electrons. The molecule has 5 heteroatoms. The molecular formula is C16H26ClN3O. The number of hydrogen-bond donors (Lipinski definition) is 2. The van der Waals surface area contributed by atoms with Crippen LogP contribution in [0.5, 0.6) is 0 Å². The Morgan fingerprint density at radius 1 is 1.33 bits per heavy atom. The highest BCUT2D eigenvalue weighted by Crippen LogP contribution is 2.06. The van der Waals surface area contributed by atoms with E-state index in [1.165, 1.54) is 11.1 Å². The van der Waals surface area contributed by atoms with E-state index in [0.717, 1.165) is 45.7 Å². The van der Waals surface area contributed by atoms with Gasteiger partial charge in [0.15, 0.2) is 0 Å². The van der Waals surface area contributed by atoms with Crippen molar-refractivity contribution in [2.24, 2.45) is 0 Å². The summed E-state index contributed by atoms with van der Waals surface area (Å²) in [5.41, 5.74) is 2.49. The van der Waals surface area contributed by atoms with Crippen molar-refractivity contribution >= 4 is 18.3 Å². The molecule has 0 aromatic heterocycles. The first-order chi connectivity index (χ1) is 9.74.